The van der Waals surface area contributed by atoms with Crippen LogP contribution >= 0.6 is 0 Å². The van der Waals surface area contributed by atoms with Crippen LogP contribution in [0.15, 0.2) is 72.8 Å². The van der Waals surface area contributed by atoms with Crippen molar-refractivity contribution in [3.05, 3.63) is 101 Å². The number of aromatic nitrogens is 2. The van der Waals surface area contributed by atoms with Gasteiger partial charge >= 0.3 is 0 Å². The van der Waals surface area contributed by atoms with Gasteiger partial charge in [-0.05, 0) is 47.6 Å². The molecule has 0 bridgehead atoms. The number of para-hydroxylation sites is 1. The molecular formula is C31H30F2N4O2. The Hall–Kier alpha value is -4.07. The van der Waals surface area contributed by atoms with E-state index in [4.69, 9.17) is 0 Å². The molecule has 3 unspecified atom stereocenters. The third-order valence-electron chi connectivity index (χ3n) is 7.82. The number of aryl methyl sites for hydroxylation is 1. The fourth-order valence-electron chi connectivity index (χ4n) is 5.66. The van der Waals surface area contributed by atoms with Crippen LogP contribution in [0.1, 0.15) is 53.6 Å². The Morgan fingerprint density at radius 2 is 1.77 bits per heavy atom. The van der Waals surface area contributed by atoms with Crippen molar-refractivity contribution in [3.8, 4) is 0 Å². The van der Waals surface area contributed by atoms with Crippen LogP contribution < -0.4 is 5.32 Å². The highest BCUT2D eigenvalue weighted by molar-refractivity contribution is 5.92. The van der Waals surface area contributed by atoms with Gasteiger partial charge in [-0.2, -0.15) is 5.10 Å². The summed E-state index contributed by atoms with van der Waals surface area (Å²) in [5.41, 5.74) is 3.56. The Kier molecular flexibility index (Phi) is 6.62. The topological polar surface area (TPSA) is 67.2 Å². The highest BCUT2D eigenvalue weighted by Gasteiger charge is 2.41. The molecule has 1 saturated heterocycles. The van der Waals surface area contributed by atoms with Gasteiger partial charge in [0.1, 0.15) is 18.0 Å². The minimum absolute atomic E-state index is 0.0339. The number of carbonyl (C=O) groups excluding carboxylic acids is 2. The maximum atomic E-state index is 15.0. The summed E-state index contributed by atoms with van der Waals surface area (Å²) in [6.07, 6.45) is 0.541. The van der Waals surface area contributed by atoms with Gasteiger partial charge in [0.15, 0.2) is 0 Å². The molecule has 2 heterocycles. The molecule has 1 aliphatic carbocycles. The second kappa shape index (κ2) is 10.2. The summed E-state index contributed by atoms with van der Waals surface area (Å²) in [7, 11) is 1.81. The number of nitrogens with one attached hydrogen (secondary N) is 1. The average Bonchev–Trinajstić information content (AvgIpc) is 3.63. The first-order valence-corrected chi connectivity index (χ1v) is 13.4. The van der Waals surface area contributed by atoms with E-state index in [2.05, 4.69) is 10.4 Å². The van der Waals surface area contributed by atoms with Crippen LogP contribution in [0.3, 0.4) is 0 Å². The minimum atomic E-state index is -1.31. The number of amides is 2. The number of nitrogens with zero attached hydrogens (tertiary/aromatic N) is 3. The number of rotatable bonds is 7. The van der Waals surface area contributed by atoms with Gasteiger partial charge in [-0.15, -0.1) is 0 Å². The number of likely N-dealkylation sites (tertiary alicyclic amines) is 1. The number of fused-ring (bicyclic) bond motifs is 1. The lowest BCUT2D eigenvalue weighted by Gasteiger charge is -2.27. The van der Waals surface area contributed by atoms with Gasteiger partial charge in [0, 0.05) is 18.9 Å². The lowest BCUT2D eigenvalue weighted by molar-refractivity contribution is -0.138. The molecule has 1 aromatic heterocycles. The molecule has 2 aliphatic rings. The van der Waals surface area contributed by atoms with E-state index in [9.17, 15) is 18.4 Å². The van der Waals surface area contributed by atoms with Crippen molar-refractivity contribution in [2.24, 2.45) is 7.05 Å². The number of benzene rings is 3. The van der Waals surface area contributed by atoms with Gasteiger partial charge in [0.2, 0.25) is 11.8 Å². The number of halogens is 2. The normalized spacial score (nSPS) is 19.8. The molecule has 3 aromatic carbocycles. The van der Waals surface area contributed by atoms with E-state index in [-0.39, 0.29) is 37.0 Å². The fourth-order valence-corrected chi connectivity index (χ4v) is 5.66. The lowest BCUT2D eigenvalue weighted by Crippen LogP contribution is -2.47. The van der Waals surface area contributed by atoms with Gasteiger partial charge < -0.3 is 10.2 Å². The molecule has 1 N–H and O–H groups in total. The molecule has 8 heteroatoms. The van der Waals surface area contributed by atoms with Gasteiger partial charge in [-0.3, -0.25) is 14.3 Å². The fraction of sp³-hybridized carbons (Fsp3) is 0.323. The highest BCUT2D eigenvalue weighted by atomic mass is 19.1. The summed E-state index contributed by atoms with van der Waals surface area (Å²) >= 11 is 0. The van der Waals surface area contributed by atoms with E-state index in [1.54, 1.807) is 10.7 Å². The summed E-state index contributed by atoms with van der Waals surface area (Å²) in [5.74, 6) is -0.834. The van der Waals surface area contributed by atoms with Crippen LogP contribution in [0.25, 0.3) is 10.9 Å². The SMILES string of the molecule is Cn1nc(CC(=O)N2CC(F)CC2C(=O)NC(c2ccccc2)c2ccc(C3CC3)c(F)c2)c2ccccc21. The van der Waals surface area contributed by atoms with Gasteiger partial charge in [-0.25, -0.2) is 8.78 Å². The molecular weight excluding hydrogens is 498 g/mol. The molecule has 2 amide bonds. The Morgan fingerprint density at radius 3 is 2.51 bits per heavy atom. The predicted molar refractivity (Wildman–Crippen MR) is 144 cm³/mol. The maximum Gasteiger partial charge on any atom is 0.243 e. The van der Waals surface area contributed by atoms with Crippen LogP contribution in [-0.2, 0) is 23.1 Å². The number of carbonyl (C=O) groups is 2. The summed E-state index contributed by atoms with van der Waals surface area (Å²) in [5, 5.41) is 8.34. The third kappa shape index (κ3) is 5.03. The molecule has 1 aliphatic heterocycles. The smallest absolute Gasteiger partial charge is 0.243 e. The van der Waals surface area contributed by atoms with Crippen molar-refractivity contribution in [1.29, 1.82) is 0 Å². The molecule has 6 rings (SSSR count). The quantitative estimate of drug-likeness (QED) is 0.368. The van der Waals surface area contributed by atoms with E-state index in [0.29, 0.717) is 16.8 Å². The molecule has 200 valence electrons. The van der Waals surface area contributed by atoms with E-state index in [0.717, 1.165) is 29.3 Å². The van der Waals surface area contributed by atoms with E-state index < -0.39 is 24.2 Å². The summed E-state index contributed by atoms with van der Waals surface area (Å²) in [4.78, 5) is 28.3. The zero-order valence-corrected chi connectivity index (χ0v) is 21.7. The van der Waals surface area contributed by atoms with Crippen molar-refractivity contribution < 1.29 is 18.4 Å². The van der Waals surface area contributed by atoms with Gasteiger partial charge in [0.25, 0.3) is 0 Å². The highest BCUT2D eigenvalue weighted by Crippen LogP contribution is 2.42. The minimum Gasteiger partial charge on any atom is -0.343 e. The van der Waals surface area contributed by atoms with Crippen LogP contribution in [0.4, 0.5) is 8.78 Å². The molecule has 2 fully saturated rings. The molecule has 6 nitrogen and oxygen atoms in total. The van der Waals surface area contributed by atoms with Crippen LogP contribution in [-0.4, -0.2) is 45.3 Å². The number of hydrogen-bond donors (Lipinski definition) is 1. The number of hydrogen-bond acceptors (Lipinski definition) is 3. The maximum absolute atomic E-state index is 15.0. The Labute approximate surface area is 225 Å². The Balaban J connectivity index is 1.25. The van der Waals surface area contributed by atoms with Gasteiger partial charge in [0.05, 0.1) is 30.2 Å². The molecule has 4 aromatic rings. The molecule has 1 saturated carbocycles. The largest absolute Gasteiger partial charge is 0.343 e. The monoisotopic (exact) mass is 528 g/mol. The zero-order chi connectivity index (χ0) is 27.1. The van der Waals surface area contributed by atoms with Crippen molar-refractivity contribution in [2.75, 3.05) is 6.54 Å². The van der Waals surface area contributed by atoms with Gasteiger partial charge in [-0.1, -0.05) is 60.7 Å². The second-order valence-electron chi connectivity index (χ2n) is 10.6. The van der Waals surface area contributed by atoms with Crippen molar-refractivity contribution in [2.45, 2.75) is 49.9 Å². The first-order valence-electron chi connectivity index (χ1n) is 13.4. The summed E-state index contributed by atoms with van der Waals surface area (Å²) in [6.45, 7) is -0.150. The first-order chi connectivity index (χ1) is 18.9. The second-order valence-corrected chi connectivity index (χ2v) is 10.6. The van der Waals surface area contributed by atoms with E-state index >= 15 is 0 Å². The molecule has 0 radical (unpaired) electrons. The van der Waals surface area contributed by atoms with Crippen LogP contribution in [0.5, 0.6) is 0 Å². The van der Waals surface area contributed by atoms with Crippen LogP contribution in [0, 0.1) is 5.82 Å². The van der Waals surface area contributed by atoms with E-state index in [1.165, 1.54) is 11.0 Å². The van der Waals surface area contributed by atoms with Crippen molar-refractivity contribution in [3.63, 3.8) is 0 Å². The van der Waals surface area contributed by atoms with Crippen molar-refractivity contribution >= 4 is 22.7 Å². The first kappa shape index (κ1) is 25.2. The lowest BCUT2D eigenvalue weighted by atomic mass is 9.96. The predicted octanol–water partition coefficient (Wildman–Crippen LogP) is 4.98. The van der Waals surface area contributed by atoms with Crippen molar-refractivity contribution in [1.82, 2.24) is 20.0 Å². The third-order valence-corrected chi connectivity index (χ3v) is 7.82. The Morgan fingerprint density at radius 1 is 1.03 bits per heavy atom. The summed E-state index contributed by atoms with van der Waals surface area (Å²) in [6, 6.07) is 20.4. The number of alkyl halides is 1. The molecule has 3 atom stereocenters. The molecule has 39 heavy (non-hydrogen) atoms. The average molecular weight is 529 g/mol. The Bertz CT molecular complexity index is 1530. The zero-order valence-electron chi connectivity index (χ0n) is 21.7. The van der Waals surface area contributed by atoms with Crippen LogP contribution in [0.2, 0.25) is 0 Å². The summed E-state index contributed by atoms with van der Waals surface area (Å²) < 4.78 is 31.3. The molecule has 0 spiro atoms. The van der Waals surface area contributed by atoms with E-state index in [1.807, 2.05) is 67.7 Å². The standard InChI is InChI=1S/C31H30F2N4O2/c1-36-27-10-6-5-9-24(27)26(35-36)17-29(38)37-18-22(32)16-28(37)31(39)34-30(20-7-3-2-4-8-20)21-13-14-23(19-11-12-19)25(33)15-21/h2-10,13-15,19,22,28,30H,11-12,16-18H2,1H3,(H,34,39).